The Kier molecular flexibility index (Phi) is 5.76. The van der Waals surface area contributed by atoms with Crippen LogP contribution in [0, 0.1) is 13.8 Å². The Labute approximate surface area is 120 Å². The summed E-state index contributed by atoms with van der Waals surface area (Å²) in [6.45, 7) is 7.25. The smallest absolute Gasteiger partial charge is 0.256 e. The van der Waals surface area contributed by atoms with Crippen LogP contribution < -0.4 is 5.32 Å². The number of rotatable bonds is 4. The van der Waals surface area contributed by atoms with Crippen molar-refractivity contribution in [3.8, 4) is 0 Å². The van der Waals surface area contributed by atoms with E-state index >= 15 is 0 Å². The van der Waals surface area contributed by atoms with Crippen molar-refractivity contribution in [3.05, 3.63) is 11.5 Å². The van der Waals surface area contributed by atoms with E-state index in [1.807, 2.05) is 25.6 Å². The first-order valence-corrected chi connectivity index (χ1v) is 8.42. The molecule has 1 saturated carbocycles. The Balaban J connectivity index is 2.03. The van der Waals surface area contributed by atoms with Crippen LogP contribution in [0.15, 0.2) is 9.64 Å². The topological polar surface area (TPSA) is 38.1 Å². The van der Waals surface area contributed by atoms with E-state index in [-0.39, 0.29) is 0 Å². The molecule has 0 radical (unpaired) electrons. The van der Waals surface area contributed by atoms with E-state index < -0.39 is 0 Å². The highest BCUT2D eigenvalue weighted by atomic mass is 32.2. The molecule has 19 heavy (non-hydrogen) atoms. The minimum Gasteiger partial charge on any atom is -0.437 e. The fraction of sp³-hybridized carbons (Fsp3) is 0.800. The molecule has 0 bridgehead atoms. The van der Waals surface area contributed by atoms with Gasteiger partial charge in [0.25, 0.3) is 5.22 Å². The SMILES string of the molecule is CCNC1CCCCCCC1Sc1nc(C)c(C)o1. The molecule has 1 heterocycles. The molecule has 0 aliphatic heterocycles. The number of thioether (sulfide) groups is 1. The van der Waals surface area contributed by atoms with Crippen LogP contribution in [-0.2, 0) is 0 Å². The molecule has 2 atom stereocenters. The maximum atomic E-state index is 5.74. The third-order valence-corrected chi connectivity index (χ3v) is 5.17. The van der Waals surface area contributed by atoms with Crippen molar-refractivity contribution >= 4 is 11.8 Å². The number of hydrogen-bond donors (Lipinski definition) is 1. The zero-order chi connectivity index (χ0) is 13.7. The maximum absolute atomic E-state index is 5.74. The van der Waals surface area contributed by atoms with Gasteiger partial charge in [0.15, 0.2) is 0 Å². The average molecular weight is 282 g/mol. The average Bonchev–Trinajstić information content (AvgIpc) is 2.67. The predicted octanol–water partition coefficient (Wildman–Crippen LogP) is 4.08. The van der Waals surface area contributed by atoms with Gasteiger partial charge >= 0.3 is 0 Å². The summed E-state index contributed by atoms with van der Waals surface area (Å²) in [5, 5.41) is 5.10. The molecule has 1 N–H and O–H groups in total. The summed E-state index contributed by atoms with van der Waals surface area (Å²) in [4.78, 5) is 4.52. The summed E-state index contributed by atoms with van der Waals surface area (Å²) >= 11 is 1.83. The van der Waals surface area contributed by atoms with Gasteiger partial charge < -0.3 is 9.73 Å². The third kappa shape index (κ3) is 4.25. The minimum atomic E-state index is 0.595. The highest BCUT2D eigenvalue weighted by molar-refractivity contribution is 7.99. The summed E-state index contributed by atoms with van der Waals surface area (Å²) in [5.41, 5.74) is 1.02. The molecule has 108 valence electrons. The van der Waals surface area contributed by atoms with Crippen LogP contribution in [0.2, 0.25) is 0 Å². The van der Waals surface area contributed by atoms with Gasteiger partial charge in [-0.2, -0.15) is 0 Å². The molecule has 0 amide bonds. The molecule has 1 aliphatic carbocycles. The molecule has 1 aromatic heterocycles. The molecule has 2 rings (SSSR count). The first kappa shape index (κ1) is 14.9. The number of aromatic nitrogens is 1. The van der Waals surface area contributed by atoms with Gasteiger partial charge in [-0.25, -0.2) is 4.98 Å². The molecule has 3 nitrogen and oxygen atoms in total. The summed E-state index contributed by atoms with van der Waals surface area (Å²) in [6, 6.07) is 0.600. The van der Waals surface area contributed by atoms with Crippen molar-refractivity contribution in [2.24, 2.45) is 0 Å². The second-order valence-electron chi connectivity index (χ2n) is 5.43. The normalized spacial score (nSPS) is 25.0. The lowest BCUT2D eigenvalue weighted by Crippen LogP contribution is -2.38. The van der Waals surface area contributed by atoms with E-state index in [1.54, 1.807) is 0 Å². The van der Waals surface area contributed by atoms with Crippen molar-refractivity contribution < 1.29 is 4.42 Å². The van der Waals surface area contributed by atoms with Crippen molar-refractivity contribution in [3.63, 3.8) is 0 Å². The Morgan fingerprint density at radius 2 is 1.95 bits per heavy atom. The van der Waals surface area contributed by atoms with E-state index in [1.165, 1.54) is 38.5 Å². The van der Waals surface area contributed by atoms with E-state index in [2.05, 4.69) is 17.2 Å². The molecule has 1 aromatic rings. The molecular weight excluding hydrogens is 256 g/mol. The largest absolute Gasteiger partial charge is 0.437 e. The van der Waals surface area contributed by atoms with Crippen molar-refractivity contribution in [1.29, 1.82) is 0 Å². The van der Waals surface area contributed by atoms with Gasteiger partial charge in [0, 0.05) is 11.3 Å². The van der Waals surface area contributed by atoms with E-state index in [0.29, 0.717) is 11.3 Å². The molecule has 0 saturated heterocycles. The van der Waals surface area contributed by atoms with Gasteiger partial charge in [-0.05, 0) is 33.2 Å². The Morgan fingerprint density at radius 1 is 1.21 bits per heavy atom. The lowest BCUT2D eigenvalue weighted by molar-refractivity contribution is 0.396. The Morgan fingerprint density at radius 3 is 2.58 bits per heavy atom. The van der Waals surface area contributed by atoms with Crippen LogP contribution in [0.1, 0.15) is 56.9 Å². The summed E-state index contributed by atoms with van der Waals surface area (Å²) in [7, 11) is 0. The number of nitrogens with one attached hydrogen (secondary N) is 1. The fourth-order valence-corrected chi connectivity index (χ4v) is 4.01. The maximum Gasteiger partial charge on any atom is 0.256 e. The van der Waals surface area contributed by atoms with E-state index in [9.17, 15) is 0 Å². The molecule has 0 spiro atoms. The van der Waals surface area contributed by atoms with Gasteiger partial charge in [0.05, 0.1) is 5.69 Å². The second kappa shape index (κ2) is 7.34. The zero-order valence-electron chi connectivity index (χ0n) is 12.4. The minimum absolute atomic E-state index is 0.595. The lowest BCUT2D eigenvalue weighted by Gasteiger charge is -2.28. The van der Waals surface area contributed by atoms with Gasteiger partial charge in [-0.3, -0.25) is 0 Å². The first-order chi connectivity index (χ1) is 9.20. The summed E-state index contributed by atoms with van der Waals surface area (Å²) < 4.78 is 5.74. The molecular formula is C15H26N2OS. The lowest BCUT2D eigenvalue weighted by atomic mass is 9.96. The second-order valence-corrected chi connectivity index (χ2v) is 6.62. The number of nitrogens with zero attached hydrogens (tertiary/aromatic N) is 1. The standard InChI is InChI=1S/C15H26N2OS/c1-4-16-13-9-7-5-6-8-10-14(13)19-15-17-11(2)12(3)18-15/h13-14,16H,4-10H2,1-3H3. The highest BCUT2D eigenvalue weighted by Crippen LogP contribution is 2.32. The molecule has 2 unspecified atom stereocenters. The van der Waals surface area contributed by atoms with Crippen LogP contribution in [0.5, 0.6) is 0 Å². The summed E-state index contributed by atoms with van der Waals surface area (Å²) in [5.74, 6) is 0.952. The monoisotopic (exact) mass is 282 g/mol. The van der Waals surface area contributed by atoms with Crippen molar-refractivity contribution in [2.45, 2.75) is 75.8 Å². The molecule has 1 aliphatic rings. The van der Waals surface area contributed by atoms with Crippen LogP contribution in [0.3, 0.4) is 0 Å². The van der Waals surface area contributed by atoms with Crippen LogP contribution >= 0.6 is 11.8 Å². The third-order valence-electron chi connectivity index (χ3n) is 3.93. The van der Waals surface area contributed by atoms with E-state index in [0.717, 1.165) is 23.2 Å². The van der Waals surface area contributed by atoms with Gasteiger partial charge in [-0.1, -0.05) is 44.4 Å². The van der Waals surface area contributed by atoms with E-state index in [4.69, 9.17) is 4.42 Å². The number of aryl methyl sites for hydroxylation is 2. The fourth-order valence-electron chi connectivity index (χ4n) is 2.71. The number of hydrogen-bond acceptors (Lipinski definition) is 4. The van der Waals surface area contributed by atoms with Crippen LogP contribution in [0.25, 0.3) is 0 Å². The molecule has 1 fully saturated rings. The van der Waals surface area contributed by atoms with Gasteiger partial charge in [-0.15, -0.1) is 0 Å². The van der Waals surface area contributed by atoms with Crippen molar-refractivity contribution in [2.75, 3.05) is 6.54 Å². The van der Waals surface area contributed by atoms with Gasteiger partial charge in [0.1, 0.15) is 5.76 Å². The number of oxazole rings is 1. The van der Waals surface area contributed by atoms with Crippen molar-refractivity contribution in [1.82, 2.24) is 10.3 Å². The predicted molar refractivity (Wildman–Crippen MR) is 80.8 cm³/mol. The van der Waals surface area contributed by atoms with Gasteiger partial charge in [0.2, 0.25) is 0 Å². The Bertz CT molecular complexity index is 372. The quantitative estimate of drug-likeness (QED) is 0.903. The first-order valence-electron chi connectivity index (χ1n) is 7.54. The summed E-state index contributed by atoms with van der Waals surface area (Å²) in [6.07, 6.45) is 7.99. The molecule has 0 aromatic carbocycles. The molecule has 4 heteroatoms. The Hall–Kier alpha value is -0.480. The van der Waals surface area contributed by atoms with Crippen LogP contribution in [0.4, 0.5) is 0 Å². The van der Waals surface area contributed by atoms with Crippen LogP contribution in [-0.4, -0.2) is 22.8 Å². The zero-order valence-corrected chi connectivity index (χ0v) is 13.2. The highest BCUT2D eigenvalue weighted by Gasteiger charge is 2.25.